The molecule has 1 heterocycles. The van der Waals surface area contributed by atoms with Gasteiger partial charge in [-0.3, -0.25) is 4.98 Å². The molecular formula is C9H13N3OS. The number of ether oxygens (including phenoxy) is 1. The van der Waals surface area contributed by atoms with Crippen LogP contribution < -0.4 is 11.1 Å². The number of hydrogen-bond acceptors (Lipinski definition) is 4. The SMILES string of the molecule is COCCNc1ccc(C(N)=S)nc1. The van der Waals surface area contributed by atoms with Crippen molar-refractivity contribution in [1.82, 2.24) is 4.98 Å². The summed E-state index contributed by atoms with van der Waals surface area (Å²) in [5.41, 5.74) is 6.98. The van der Waals surface area contributed by atoms with E-state index in [1.54, 1.807) is 19.4 Å². The van der Waals surface area contributed by atoms with E-state index in [9.17, 15) is 0 Å². The van der Waals surface area contributed by atoms with Gasteiger partial charge in [-0.25, -0.2) is 0 Å². The van der Waals surface area contributed by atoms with Crippen LogP contribution in [0.15, 0.2) is 18.3 Å². The van der Waals surface area contributed by atoms with Crippen molar-refractivity contribution in [2.45, 2.75) is 0 Å². The first-order chi connectivity index (χ1) is 6.74. The van der Waals surface area contributed by atoms with Gasteiger partial charge in [-0.1, -0.05) is 12.2 Å². The summed E-state index contributed by atoms with van der Waals surface area (Å²) in [7, 11) is 1.66. The highest BCUT2D eigenvalue weighted by molar-refractivity contribution is 7.80. The summed E-state index contributed by atoms with van der Waals surface area (Å²) in [5.74, 6) is 0. The van der Waals surface area contributed by atoms with Crippen LogP contribution >= 0.6 is 12.2 Å². The Labute approximate surface area is 88.5 Å². The summed E-state index contributed by atoms with van der Waals surface area (Å²) in [5, 5.41) is 3.14. The van der Waals surface area contributed by atoms with Crippen LogP contribution in [0.25, 0.3) is 0 Å². The van der Waals surface area contributed by atoms with Crippen molar-refractivity contribution in [2.24, 2.45) is 5.73 Å². The molecule has 0 unspecified atom stereocenters. The molecule has 5 heteroatoms. The number of nitrogens with two attached hydrogens (primary N) is 1. The van der Waals surface area contributed by atoms with Gasteiger partial charge in [0.25, 0.3) is 0 Å². The van der Waals surface area contributed by atoms with Gasteiger partial charge in [-0.15, -0.1) is 0 Å². The Morgan fingerprint density at radius 3 is 2.93 bits per heavy atom. The van der Waals surface area contributed by atoms with Crippen LogP contribution in [-0.4, -0.2) is 30.2 Å². The molecule has 0 bridgehead atoms. The minimum Gasteiger partial charge on any atom is -0.388 e. The molecule has 76 valence electrons. The average Bonchev–Trinajstić information content (AvgIpc) is 2.19. The molecule has 0 atom stereocenters. The zero-order valence-corrected chi connectivity index (χ0v) is 8.80. The molecule has 0 aliphatic rings. The summed E-state index contributed by atoms with van der Waals surface area (Å²) in [6, 6.07) is 3.68. The van der Waals surface area contributed by atoms with Gasteiger partial charge in [0.1, 0.15) is 4.99 Å². The Hall–Kier alpha value is -1.20. The van der Waals surface area contributed by atoms with Crippen LogP contribution in [0.4, 0.5) is 5.69 Å². The number of nitrogens with zero attached hydrogens (tertiary/aromatic N) is 1. The van der Waals surface area contributed by atoms with Gasteiger partial charge >= 0.3 is 0 Å². The number of hydrogen-bond donors (Lipinski definition) is 2. The molecule has 3 N–H and O–H groups in total. The molecule has 0 aliphatic carbocycles. The fourth-order valence-electron chi connectivity index (χ4n) is 0.942. The van der Waals surface area contributed by atoms with E-state index < -0.39 is 0 Å². The minimum atomic E-state index is 0.313. The maximum atomic E-state index is 5.41. The van der Waals surface area contributed by atoms with Gasteiger partial charge in [0, 0.05) is 13.7 Å². The molecule has 1 aromatic rings. The Morgan fingerprint density at radius 1 is 1.64 bits per heavy atom. The zero-order chi connectivity index (χ0) is 10.4. The third kappa shape index (κ3) is 3.27. The normalized spacial score (nSPS) is 9.79. The van der Waals surface area contributed by atoms with Crippen molar-refractivity contribution in [1.29, 1.82) is 0 Å². The molecule has 0 aromatic carbocycles. The van der Waals surface area contributed by atoms with Gasteiger partial charge in [0.15, 0.2) is 0 Å². The van der Waals surface area contributed by atoms with Crippen molar-refractivity contribution in [3.63, 3.8) is 0 Å². The standard InChI is InChI=1S/C9H13N3OS/c1-13-5-4-11-7-2-3-8(9(10)14)12-6-7/h2-3,6,11H,4-5H2,1H3,(H2,10,14). The Kier molecular flexibility index (Phi) is 4.28. The second-order valence-electron chi connectivity index (χ2n) is 2.72. The lowest BCUT2D eigenvalue weighted by molar-refractivity contribution is 0.211. The molecule has 0 radical (unpaired) electrons. The van der Waals surface area contributed by atoms with E-state index in [2.05, 4.69) is 10.3 Å². The molecule has 1 aromatic heterocycles. The van der Waals surface area contributed by atoms with E-state index in [-0.39, 0.29) is 0 Å². The van der Waals surface area contributed by atoms with Crippen molar-refractivity contribution in [2.75, 3.05) is 25.6 Å². The van der Waals surface area contributed by atoms with Crippen LogP contribution in [-0.2, 0) is 4.74 Å². The lowest BCUT2D eigenvalue weighted by Gasteiger charge is -2.05. The molecule has 0 saturated carbocycles. The van der Waals surface area contributed by atoms with Gasteiger partial charge < -0.3 is 15.8 Å². The van der Waals surface area contributed by atoms with Crippen molar-refractivity contribution >= 4 is 22.9 Å². The van der Waals surface area contributed by atoms with Gasteiger partial charge in [-0.05, 0) is 12.1 Å². The highest BCUT2D eigenvalue weighted by Gasteiger charge is 1.97. The third-order valence-corrected chi connectivity index (χ3v) is 1.86. The van der Waals surface area contributed by atoms with Crippen molar-refractivity contribution in [3.8, 4) is 0 Å². The van der Waals surface area contributed by atoms with Crippen LogP contribution in [0, 0.1) is 0 Å². The largest absolute Gasteiger partial charge is 0.388 e. The summed E-state index contributed by atoms with van der Waals surface area (Å²) >= 11 is 4.79. The average molecular weight is 211 g/mol. The molecular weight excluding hydrogens is 198 g/mol. The molecule has 0 fully saturated rings. The predicted octanol–water partition coefficient (Wildman–Crippen LogP) is 0.774. The van der Waals surface area contributed by atoms with Crippen molar-refractivity contribution in [3.05, 3.63) is 24.0 Å². The Bertz CT molecular complexity index is 299. The maximum absolute atomic E-state index is 5.41. The van der Waals surface area contributed by atoms with Gasteiger partial charge in [0.05, 0.1) is 24.2 Å². The lowest BCUT2D eigenvalue weighted by Crippen LogP contribution is -2.12. The molecule has 4 nitrogen and oxygen atoms in total. The topological polar surface area (TPSA) is 60.2 Å². The Morgan fingerprint density at radius 2 is 2.43 bits per heavy atom. The molecule has 14 heavy (non-hydrogen) atoms. The van der Waals surface area contributed by atoms with E-state index in [0.717, 1.165) is 12.2 Å². The molecule has 0 amide bonds. The van der Waals surface area contributed by atoms with E-state index in [0.29, 0.717) is 17.3 Å². The van der Waals surface area contributed by atoms with Crippen LogP contribution in [0.1, 0.15) is 5.69 Å². The molecule has 0 spiro atoms. The number of rotatable bonds is 5. The fraction of sp³-hybridized carbons (Fsp3) is 0.333. The van der Waals surface area contributed by atoms with Crippen LogP contribution in [0.5, 0.6) is 0 Å². The number of pyridine rings is 1. The van der Waals surface area contributed by atoms with Crippen LogP contribution in [0.2, 0.25) is 0 Å². The second-order valence-corrected chi connectivity index (χ2v) is 3.16. The van der Waals surface area contributed by atoms with Crippen LogP contribution in [0.3, 0.4) is 0 Å². The van der Waals surface area contributed by atoms with E-state index in [1.165, 1.54) is 0 Å². The third-order valence-electron chi connectivity index (χ3n) is 1.65. The first-order valence-electron chi connectivity index (χ1n) is 4.22. The highest BCUT2D eigenvalue weighted by Crippen LogP contribution is 2.05. The number of nitrogens with one attached hydrogen (secondary N) is 1. The lowest BCUT2D eigenvalue weighted by atomic mass is 10.3. The van der Waals surface area contributed by atoms with E-state index in [1.807, 2.05) is 6.07 Å². The quantitative estimate of drug-likeness (QED) is 0.556. The molecule has 1 rings (SSSR count). The smallest absolute Gasteiger partial charge is 0.122 e. The van der Waals surface area contributed by atoms with E-state index >= 15 is 0 Å². The summed E-state index contributed by atoms with van der Waals surface area (Å²) in [6.07, 6.45) is 1.70. The monoisotopic (exact) mass is 211 g/mol. The summed E-state index contributed by atoms with van der Waals surface area (Å²) < 4.78 is 4.90. The minimum absolute atomic E-state index is 0.313. The number of anilines is 1. The van der Waals surface area contributed by atoms with Gasteiger partial charge in [0.2, 0.25) is 0 Å². The maximum Gasteiger partial charge on any atom is 0.122 e. The predicted molar refractivity (Wildman–Crippen MR) is 60.5 cm³/mol. The fourth-order valence-corrected chi connectivity index (χ4v) is 1.06. The number of thiocarbonyl (C=S) groups is 1. The van der Waals surface area contributed by atoms with Gasteiger partial charge in [-0.2, -0.15) is 0 Å². The molecule has 0 aliphatic heterocycles. The molecule has 0 saturated heterocycles. The van der Waals surface area contributed by atoms with Crippen molar-refractivity contribution < 1.29 is 4.74 Å². The number of methoxy groups -OCH3 is 1. The summed E-state index contributed by atoms with van der Waals surface area (Å²) in [4.78, 5) is 4.40. The first-order valence-corrected chi connectivity index (χ1v) is 4.63. The first kappa shape index (κ1) is 10.9. The highest BCUT2D eigenvalue weighted by atomic mass is 32.1. The summed E-state index contributed by atoms with van der Waals surface area (Å²) in [6.45, 7) is 1.42. The number of aromatic nitrogens is 1. The van der Waals surface area contributed by atoms with E-state index in [4.69, 9.17) is 22.7 Å². The Balaban J connectivity index is 2.51. The zero-order valence-electron chi connectivity index (χ0n) is 7.99. The second kappa shape index (κ2) is 5.51.